The number of H-pyrrole nitrogens is 1. The Morgan fingerprint density at radius 3 is 2.56 bits per heavy atom. The first-order valence-corrected chi connectivity index (χ1v) is 5.22. The van der Waals surface area contributed by atoms with Crippen LogP contribution in [0.4, 0.5) is 0 Å². The number of rotatable bonds is 1. The summed E-state index contributed by atoms with van der Waals surface area (Å²) >= 11 is 0. The van der Waals surface area contributed by atoms with E-state index in [0.717, 1.165) is 22.2 Å². The van der Waals surface area contributed by atoms with Crippen LogP contribution in [0, 0.1) is 20.8 Å². The van der Waals surface area contributed by atoms with Crippen molar-refractivity contribution >= 4 is 16.9 Å². The minimum Gasteiger partial charge on any atom is -0.465 e. The summed E-state index contributed by atoms with van der Waals surface area (Å²) < 4.78 is 4.81. The fourth-order valence-corrected chi connectivity index (χ4v) is 2.21. The average molecular weight is 217 g/mol. The number of benzene rings is 1. The average Bonchev–Trinajstić information content (AvgIpc) is 2.53. The van der Waals surface area contributed by atoms with E-state index < -0.39 is 0 Å². The number of nitrogens with one attached hydrogen (secondary N) is 1. The Balaban J connectivity index is 2.84. The molecular weight excluding hydrogens is 202 g/mol. The third-order valence-electron chi connectivity index (χ3n) is 2.82. The lowest BCUT2D eigenvalue weighted by Crippen LogP contribution is -2.02. The Morgan fingerprint density at radius 2 is 1.94 bits per heavy atom. The Hall–Kier alpha value is -1.77. The normalized spacial score (nSPS) is 10.8. The molecule has 0 aliphatic rings. The number of aromatic amines is 1. The zero-order valence-corrected chi connectivity index (χ0v) is 9.97. The Morgan fingerprint density at radius 1 is 1.25 bits per heavy atom. The molecule has 0 amide bonds. The molecule has 0 spiro atoms. The molecule has 0 atom stereocenters. The molecule has 0 radical (unpaired) electrons. The summed E-state index contributed by atoms with van der Waals surface area (Å²) in [7, 11) is 1.41. The molecule has 3 heteroatoms. The Kier molecular flexibility index (Phi) is 2.46. The molecule has 0 saturated carbocycles. The van der Waals surface area contributed by atoms with Crippen molar-refractivity contribution in [3.05, 3.63) is 34.5 Å². The van der Waals surface area contributed by atoms with Gasteiger partial charge in [0.05, 0.1) is 12.7 Å². The van der Waals surface area contributed by atoms with Gasteiger partial charge in [-0.05, 0) is 38.0 Å². The highest BCUT2D eigenvalue weighted by Gasteiger charge is 2.17. The van der Waals surface area contributed by atoms with Crippen LogP contribution < -0.4 is 0 Å². The molecule has 0 aliphatic heterocycles. The quantitative estimate of drug-likeness (QED) is 0.746. The third kappa shape index (κ3) is 1.48. The number of methoxy groups -OCH3 is 1. The number of hydrogen-bond donors (Lipinski definition) is 1. The third-order valence-corrected chi connectivity index (χ3v) is 2.82. The van der Waals surface area contributed by atoms with E-state index in [1.54, 1.807) is 0 Å². The van der Waals surface area contributed by atoms with Crippen molar-refractivity contribution in [2.75, 3.05) is 7.11 Å². The molecule has 1 aromatic heterocycles. The molecule has 2 rings (SSSR count). The lowest BCUT2D eigenvalue weighted by atomic mass is 10.0. The molecule has 0 unspecified atom stereocenters. The number of ether oxygens (including phenoxy) is 1. The second-order valence-corrected chi connectivity index (χ2v) is 4.12. The Bertz CT molecular complexity index is 567. The number of esters is 1. The van der Waals surface area contributed by atoms with Gasteiger partial charge in [-0.3, -0.25) is 0 Å². The van der Waals surface area contributed by atoms with E-state index in [1.165, 1.54) is 12.7 Å². The van der Waals surface area contributed by atoms with Crippen molar-refractivity contribution in [2.45, 2.75) is 20.8 Å². The number of aryl methyl sites for hydroxylation is 3. The number of hydrogen-bond acceptors (Lipinski definition) is 2. The first-order valence-electron chi connectivity index (χ1n) is 5.22. The summed E-state index contributed by atoms with van der Waals surface area (Å²) in [5.74, 6) is -0.282. The molecule has 0 bridgehead atoms. The van der Waals surface area contributed by atoms with Crippen molar-refractivity contribution in [1.29, 1.82) is 0 Å². The van der Waals surface area contributed by atoms with Crippen LogP contribution in [0.25, 0.3) is 10.9 Å². The SMILES string of the molecule is COC(=O)c1c(C)[nH]c2cc(C)cc(C)c12. The predicted molar refractivity (Wildman–Crippen MR) is 63.8 cm³/mol. The number of carbonyl (C=O) groups excluding carboxylic acids is 1. The van der Waals surface area contributed by atoms with E-state index in [9.17, 15) is 4.79 Å². The van der Waals surface area contributed by atoms with E-state index >= 15 is 0 Å². The van der Waals surface area contributed by atoms with Crippen LogP contribution in [0.15, 0.2) is 12.1 Å². The largest absolute Gasteiger partial charge is 0.465 e. The second-order valence-electron chi connectivity index (χ2n) is 4.12. The zero-order chi connectivity index (χ0) is 11.9. The van der Waals surface area contributed by atoms with Gasteiger partial charge in [-0.15, -0.1) is 0 Å². The van der Waals surface area contributed by atoms with Gasteiger partial charge in [0.2, 0.25) is 0 Å². The van der Waals surface area contributed by atoms with Crippen LogP contribution >= 0.6 is 0 Å². The van der Waals surface area contributed by atoms with Gasteiger partial charge in [-0.1, -0.05) is 6.07 Å². The van der Waals surface area contributed by atoms with E-state index in [0.29, 0.717) is 5.56 Å². The smallest absolute Gasteiger partial charge is 0.340 e. The van der Waals surface area contributed by atoms with E-state index in [-0.39, 0.29) is 5.97 Å². The Labute approximate surface area is 94.4 Å². The fraction of sp³-hybridized carbons (Fsp3) is 0.308. The lowest BCUT2D eigenvalue weighted by molar-refractivity contribution is 0.0602. The van der Waals surface area contributed by atoms with Gasteiger partial charge in [0.25, 0.3) is 0 Å². The maximum Gasteiger partial charge on any atom is 0.340 e. The van der Waals surface area contributed by atoms with E-state index in [2.05, 4.69) is 11.1 Å². The van der Waals surface area contributed by atoms with Gasteiger partial charge in [-0.25, -0.2) is 4.79 Å². The minimum absolute atomic E-state index is 0.282. The maximum absolute atomic E-state index is 11.7. The summed E-state index contributed by atoms with van der Waals surface area (Å²) in [6.45, 7) is 5.94. The van der Waals surface area contributed by atoms with Gasteiger partial charge < -0.3 is 9.72 Å². The fourth-order valence-electron chi connectivity index (χ4n) is 2.21. The summed E-state index contributed by atoms with van der Waals surface area (Å²) in [6.07, 6.45) is 0. The van der Waals surface area contributed by atoms with Crippen molar-refractivity contribution < 1.29 is 9.53 Å². The van der Waals surface area contributed by atoms with Crippen LogP contribution in [-0.2, 0) is 4.74 Å². The van der Waals surface area contributed by atoms with E-state index in [4.69, 9.17) is 4.74 Å². The van der Waals surface area contributed by atoms with Crippen LogP contribution in [0.2, 0.25) is 0 Å². The molecule has 16 heavy (non-hydrogen) atoms. The van der Waals surface area contributed by atoms with Crippen molar-refractivity contribution in [2.24, 2.45) is 0 Å². The first-order chi connectivity index (χ1) is 7.54. The van der Waals surface area contributed by atoms with Gasteiger partial charge >= 0.3 is 5.97 Å². The number of carbonyl (C=O) groups is 1. The molecule has 84 valence electrons. The molecule has 2 aromatic rings. The summed E-state index contributed by atoms with van der Waals surface area (Å²) in [5.41, 5.74) is 4.78. The first kappa shape index (κ1) is 10.7. The summed E-state index contributed by atoms with van der Waals surface area (Å²) in [6, 6.07) is 4.11. The van der Waals surface area contributed by atoms with Crippen LogP contribution in [-0.4, -0.2) is 18.1 Å². The van der Waals surface area contributed by atoms with Crippen LogP contribution in [0.5, 0.6) is 0 Å². The van der Waals surface area contributed by atoms with Gasteiger partial charge in [0.1, 0.15) is 0 Å². The van der Waals surface area contributed by atoms with Crippen molar-refractivity contribution in [3.8, 4) is 0 Å². The standard InChI is InChI=1S/C13H15NO2/c1-7-5-8(2)11-10(6-7)14-9(3)12(11)13(15)16-4/h5-6,14H,1-4H3. The highest BCUT2D eigenvalue weighted by Crippen LogP contribution is 2.27. The maximum atomic E-state index is 11.7. The van der Waals surface area contributed by atoms with Crippen LogP contribution in [0.1, 0.15) is 27.2 Å². The van der Waals surface area contributed by atoms with Gasteiger partial charge in [-0.2, -0.15) is 0 Å². The monoisotopic (exact) mass is 217 g/mol. The van der Waals surface area contributed by atoms with E-state index in [1.807, 2.05) is 26.8 Å². The highest BCUT2D eigenvalue weighted by atomic mass is 16.5. The topological polar surface area (TPSA) is 42.1 Å². The molecule has 0 aliphatic carbocycles. The molecule has 1 N–H and O–H groups in total. The van der Waals surface area contributed by atoms with Crippen molar-refractivity contribution in [1.82, 2.24) is 4.98 Å². The van der Waals surface area contributed by atoms with Gasteiger partial charge in [0.15, 0.2) is 0 Å². The summed E-state index contributed by atoms with van der Waals surface area (Å²) in [4.78, 5) is 14.9. The molecule has 1 heterocycles. The summed E-state index contributed by atoms with van der Waals surface area (Å²) in [5, 5.41) is 0.968. The second kappa shape index (κ2) is 3.67. The molecule has 0 saturated heterocycles. The highest BCUT2D eigenvalue weighted by molar-refractivity contribution is 6.06. The zero-order valence-electron chi connectivity index (χ0n) is 9.97. The van der Waals surface area contributed by atoms with Crippen molar-refractivity contribution in [3.63, 3.8) is 0 Å². The molecule has 3 nitrogen and oxygen atoms in total. The lowest BCUT2D eigenvalue weighted by Gasteiger charge is -2.02. The predicted octanol–water partition coefficient (Wildman–Crippen LogP) is 2.88. The molecule has 0 fully saturated rings. The van der Waals surface area contributed by atoms with Gasteiger partial charge in [0, 0.05) is 16.6 Å². The molecule has 1 aromatic carbocycles. The molecular formula is C13H15NO2. The van der Waals surface area contributed by atoms with Crippen LogP contribution in [0.3, 0.4) is 0 Å². The number of aromatic nitrogens is 1. The minimum atomic E-state index is -0.282. The number of fused-ring (bicyclic) bond motifs is 1.